The number of likely N-dealkylation sites (N-methyl/N-ethyl adjacent to an activating group) is 1. The lowest BCUT2D eigenvalue weighted by Crippen LogP contribution is -2.35. The first-order chi connectivity index (χ1) is 9.74. The van der Waals surface area contributed by atoms with Gasteiger partial charge in [-0.3, -0.25) is 9.79 Å². The Bertz CT molecular complexity index is 517. The maximum atomic E-state index is 12.0. The molecule has 1 aromatic carbocycles. The summed E-state index contributed by atoms with van der Waals surface area (Å²) in [7, 11) is 2.05. The Hall–Kier alpha value is -1.88. The molecule has 0 saturated carbocycles. The summed E-state index contributed by atoms with van der Waals surface area (Å²) in [4.78, 5) is 18.6. The van der Waals surface area contributed by atoms with E-state index in [1.165, 1.54) is 0 Å². The lowest BCUT2D eigenvalue weighted by Gasteiger charge is -2.15. The largest absolute Gasteiger partial charge is 0.358 e. The Morgan fingerprint density at radius 1 is 1.40 bits per heavy atom. The van der Waals surface area contributed by atoms with E-state index in [-0.39, 0.29) is 11.9 Å². The molecule has 2 aliphatic heterocycles. The fraction of sp³-hybridized carbons (Fsp3) is 0.467. The van der Waals surface area contributed by atoms with E-state index in [4.69, 9.17) is 0 Å². The van der Waals surface area contributed by atoms with Gasteiger partial charge in [-0.15, -0.1) is 0 Å². The molecule has 1 amide bonds. The van der Waals surface area contributed by atoms with Gasteiger partial charge in [-0.05, 0) is 43.7 Å². The van der Waals surface area contributed by atoms with Crippen LogP contribution in [0.5, 0.6) is 0 Å². The normalized spacial score (nSPS) is 21.9. The molecule has 0 radical (unpaired) electrons. The topological polar surface area (TPSA) is 56.7 Å². The molecule has 20 heavy (non-hydrogen) atoms. The summed E-state index contributed by atoms with van der Waals surface area (Å²) in [5.41, 5.74) is 1.94. The Balaban J connectivity index is 1.65. The van der Waals surface area contributed by atoms with Crippen molar-refractivity contribution in [2.45, 2.75) is 18.9 Å². The van der Waals surface area contributed by atoms with Gasteiger partial charge in [0.25, 0.3) is 0 Å². The second-order valence-electron chi connectivity index (χ2n) is 5.34. The molecule has 1 saturated heterocycles. The number of benzene rings is 1. The Morgan fingerprint density at radius 2 is 2.20 bits per heavy atom. The number of amidine groups is 1. The standard InChI is InChI=1S/C15H20N4O/c1-19-10-9-17-14(19)11-4-6-12(7-5-11)18-15(20)13-3-2-8-16-13/h4-7,13,16H,2-3,8-10H2,1H3,(H,18,20). The fourth-order valence-electron chi connectivity index (χ4n) is 2.68. The van der Waals surface area contributed by atoms with E-state index in [1.54, 1.807) is 0 Å². The maximum absolute atomic E-state index is 12.0. The van der Waals surface area contributed by atoms with Crippen LogP contribution in [0.2, 0.25) is 0 Å². The van der Waals surface area contributed by atoms with Gasteiger partial charge < -0.3 is 15.5 Å². The lowest BCUT2D eigenvalue weighted by atomic mass is 10.1. The first-order valence-electron chi connectivity index (χ1n) is 7.14. The Morgan fingerprint density at radius 3 is 2.80 bits per heavy atom. The van der Waals surface area contributed by atoms with E-state index in [2.05, 4.69) is 20.5 Å². The minimum Gasteiger partial charge on any atom is -0.358 e. The van der Waals surface area contributed by atoms with Crippen molar-refractivity contribution in [1.29, 1.82) is 0 Å². The molecule has 1 atom stereocenters. The van der Waals surface area contributed by atoms with Crippen LogP contribution in [0, 0.1) is 0 Å². The molecule has 1 fully saturated rings. The molecule has 5 nitrogen and oxygen atoms in total. The average Bonchev–Trinajstić information content (AvgIpc) is 3.11. The van der Waals surface area contributed by atoms with Crippen LogP contribution < -0.4 is 10.6 Å². The van der Waals surface area contributed by atoms with Gasteiger partial charge in [0.05, 0.1) is 12.6 Å². The average molecular weight is 272 g/mol. The lowest BCUT2D eigenvalue weighted by molar-refractivity contribution is -0.117. The Labute approximate surface area is 119 Å². The summed E-state index contributed by atoms with van der Waals surface area (Å²) in [6.45, 7) is 2.77. The van der Waals surface area contributed by atoms with Crippen LogP contribution in [-0.4, -0.2) is 49.4 Å². The number of aliphatic imine (C=N–C) groups is 1. The van der Waals surface area contributed by atoms with Crippen molar-refractivity contribution in [2.75, 3.05) is 32.0 Å². The second-order valence-corrected chi connectivity index (χ2v) is 5.34. The molecule has 106 valence electrons. The van der Waals surface area contributed by atoms with Crippen molar-refractivity contribution >= 4 is 17.4 Å². The molecule has 1 aromatic rings. The van der Waals surface area contributed by atoms with Crippen molar-refractivity contribution in [3.63, 3.8) is 0 Å². The van der Waals surface area contributed by atoms with Crippen LogP contribution in [0.3, 0.4) is 0 Å². The number of hydrogen-bond donors (Lipinski definition) is 2. The Kier molecular flexibility index (Phi) is 3.69. The molecule has 2 heterocycles. The van der Waals surface area contributed by atoms with E-state index in [1.807, 2.05) is 31.3 Å². The van der Waals surface area contributed by atoms with Gasteiger partial charge in [0.2, 0.25) is 5.91 Å². The highest BCUT2D eigenvalue weighted by molar-refractivity contribution is 6.00. The minimum absolute atomic E-state index is 0.0417. The van der Waals surface area contributed by atoms with Crippen LogP contribution in [0.4, 0.5) is 5.69 Å². The van der Waals surface area contributed by atoms with Crippen molar-refractivity contribution in [3.05, 3.63) is 29.8 Å². The van der Waals surface area contributed by atoms with Crippen LogP contribution in [0.15, 0.2) is 29.3 Å². The van der Waals surface area contributed by atoms with Crippen molar-refractivity contribution < 1.29 is 4.79 Å². The van der Waals surface area contributed by atoms with E-state index in [9.17, 15) is 4.79 Å². The summed E-state index contributed by atoms with van der Waals surface area (Å²) in [6, 6.07) is 7.87. The summed E-state index contributed by atoms with van der Waals surface area (Å²) in [6.07, 6.45) is 1.99. The van der Waals surface area contributed by atoms with Gasteiger partial charge in [-0.1, -0.05) is 0 Å². The number of carbonyl (C=O) groups excluding carboxylic acids is 1. The summed E-state index contributed by atoms with van der Waals surface area (Å²) in [5, 5.41) is 6.16. The molecule has 5 heteroatoms. The van der Waals surface area contributed by atoms with Crippen LogP contribution in [-0.2, 0) is 4.79 Å². The zero-order valence-electron chi connectivity index (χ0n) is 11.7. The molecule has 0 aromatic heterocycles. The molecule has 0 aliphatic carbocycles. The third kappa shape index (κ3) is 2.67. The smallest absolute Gasteiger partial charge is 0.241 e. The van der Waals surface area contributed by atoms with Gasteiger partial charge in [0.15, 0.2) is 0 Å². The molecular weight excluding hydrogens is 252 g/mol. The number of rotatable bonds is 3. The van der Waals surface area contributed by atoms with Gasteiger partial charge in [-0.2, -0.15) is 0 Å². The van der Waals surface area contributed by atoms with E-state index >= 15 is 0 Å². The maximum Gasteiger partial charge on any atom is 0.241 e. The zero-order valence-corrected chi connectivity index (χ0v) is 11.7. The summed E-state index contributed by atoms with van der Waals surface area (Å²) in [5.74, 6) is 1.09. The van der Waals surface area contributed by atoms with E-state index in [0.717, 1.165) is 49.6 Å². The highest BCUT2D eigenvalue weighted by Gasteiger charge is 2.22. The number of nitrogens with one attached hydrogen (secondary N) is 2. The molecule has 2 N–H and O–H groups in total. The number of carbonyl (C=O) groups is 1. The van der Waals surface area contributed by atoms with Crippen LogP contribution in [0.1, 0.15) is 18.4 Å². The van der Waals surface area contributed by atoms with Crippen LogP contribution in [0.25, 0.3) is 0 Å². The first-order valence-corrected chi connectivity index (χ1v) is 7.14. The molecule has 1 unspecified atom stereocenters. The highest BCUT2D eigenvalue weighted by atomic mass is 16.2. The number of anilines is 1. The fourth-order valence-corrected chi connectivity index (χ4v) is 2.68. The zero-order chi connectivity index (χ0) is 13.9. The summed E-state index contributed by atoms with van der Waals surface area (Å²) >= 11 is 0. The van der Waals surface area contributed by atoms with Crippen LogP contribution >= 0.6 is 0 Å². The predicted octanol–water partition coefficient (Wildman–Crippen LogP) is 1.07. The first kappa shape index (κ1) is 13.1. The van der Waals surface area contributed by atoms with E-state index < -0.39 is 0 Å². The monoisotopic (exact) mass is 272 g/mol. The van der Waals surface area contributed by atoms with Gasteiger partial charge in [0.1, 0.15) is 5.84 Å². The molecular formula is C15H20N4O. The van der Waals surface area contributed by atoms with E-state index in [0.29, 0.717) is 0 Å². The number of amides is 1. The third-order valence-corrected chi connectivity index (χ3v) is 3.85. The number of hydrogen-bond acceptors (Lipinski definition) is 4. The molecule has 0 spiro atoms. The van der Waals surface area contributed by atoms with Crippen molar-refractivity contribution in [3.8, 4) is 0 Å². The SMILES string of the molecule is CN1CCN=C1c1ccc(NC(=O)C2CCCN2)cc1. The second kappa shape index (κ2) is 5.63. The molecule has 3 rings (SSSR count). The van der Waals surface area contributed by atoms with Gasteiger partial charge in [-0.25, -0.2) is 0 Å². The third-order valence-electron chi connectivity index (χ3n) is 3.85. The van der Waals surface area contributed by atoms with Gasteiger partial charge >= 0.3 is 0 Å². The summed E-state index contributed by atoms with van der Waals surface area (Å²) < 4.78 is 0. The van der Waals surface area contributed by atoms with Gasteiger partial charge in [0, 0.05) is 24.8 Å². The number of nitrogens with zero attached hydrogens (tertiary/aromatic N) is 2. The van der Waals surface area contributed by atoms with Crippen molar-refractivity contribution in [2.24, 2.45) is 4.99 Å². The highest BCUT2D eigenvalue weighted by Crippen LogP contribution is 2.15. The minimum atomic E-state index is -0.0417. The predicted molar refractivity (Wildman–Crippen MR) is 80.1 cm³/mol. The van der Waals surface area contributed by atoms with Crippen molar-refractivity contribution in [1.82, 2.24) is 10.2 Å². The quantitative estimate of drug-likeness (QED) is 0.865. The molecule has 2 aliphatic rings. The molecule has 0 bridgehead atoms.